The SMILES string of the molecule is C[C@]12CCc3c(ccc4c3CCC(=O)C4)[C@@H]1CCC2=O. The van der Waals surface area contributed by atoms with Gasteiger partial charge >= 0.3 is 0 Å². The lowest BCUT2D eigenvalue weighted by Crippen LogP contribution is -2.33. The van der Waals surface area contributed by atoms with E-state index in [0.29, 0.717) is 30.3 Å². The zero-order valence-corrected chi connectivity index (χ0v) is 12.0. The van der Waals surface area contributed by atoms with Gasteiger partial charge in [-0.3, -0.25) is 9.59 Å². The molecule has 0 amide bonds. The van der Waals surface area contributed by atoms with E-state index in [1.165, 1.54) is 22.3 Å². The van der Waals surface area contributed by atoms with E-state index in [0.717, 1.165) is 32.1 Å². The molecule has 1 saturated carbocycles. The van der Waals surface area contributed by atoms with Crippen LogP contribution >= 0.6 is 0 Å². The quantitative estimate of drug-likeness (QED) is 0.724. The van der Waals surface area contributed by atoms with E-state index >= 15 is 0 Å². The van der Waals surface area contributed by atoms with Crippen molar-refractivity contribution in [3.63, 3.8) is 0 Å². The van der Waals surface area contributed by atoms with Crippen molar-refractivity contribution in [1.29, 1.82) is 0 Å². The van der Waals surface area contributed by atoms with Crippen molar-refractivity contribution in [2.75, 3.05) is 0 Å². The first kappa shape index (κ1) is 12.3. The van der Waals surface area contributed by atoms with E-state index < -0.39 is 0 Å². The highest BCUT2D eigenvalue weighted by Gasteiger charge is 2.49. The van der Waals surface area contributed by atoms with Gasteiger partial charge in [0, 0.05) is 24.7 Å². The van der Waals surface area contributed by atoms with Gasteiger partial charge in [-0.1, -0.05) is 19.1 Å². The molecule has 0 aromatic heterocycles. The Morgan fingerprint density at radius 3 is 2.75 bits per heavy atom. The fourth-order valence-corrected chi connectivity index (χ4v) is 4.69. The molecule has 3 aliphatic carbocycles. The summed E-state index contributed by atoms with van der Waals surface area (Å²) in [6, 6.07) is 4.37. The predicted molar refractivity (Wildman–Crippen MR) is 76.9 cm³/mol. The van der Waals surface area contributed by atoms with Gasteiger partial charge in [-0.05, 0) is 53.9 Å². The number of rotatable bonds is 0. The van der Waals surface area contributed by atoms with Crippen molar-refractivity contribution < 1.29 is 9.59 Å². The second-order valence-corrected chi connectivity index (χ2v) is 6.92. The Hall–Kier alpha value is -1.44. The lowest BCUT2D eigenvalue weighted by Gasteiger charge is -2.38. The molecule has 0 spiro atoms. The molecule has 1 aromatic rings. The lowest BCUT2D eigenvalue weighted by molar-refractivity contribution is -0.126. The number of benzene rings is 1. The smallest absolute Gasteiger partial charge is 0.139 e. The number of Topliss-reactive ketones (excluding diaryl/α,β-unsaturated/α-hetero) is 2. The summed E-state index contributed by atoms with van der Waals surface area (Å²) in [5, 5.41) is 0. The number of hydrogen-bond acceptors (Lipinski definition) is 2. The minimum absolute atomic E-state index is 0.119. The highest BCUT2D eigenvalue weighted by molar-refractivity contribution is 5.89. The summed E-state index contributed by atoms with van der Waals surface area (Å²) in [5.41, 5.74) is 5.45. The molecule has 0 radical (unpaired) electrons. The van der Waals surface area contributed by atoms with Crippen molar-refractivity contribution in [2.45, 2.75) is 57.8 Å². The molecule has 0 N–H and O–H groups in total. The normalized spacial score (nSPS) is 31.8. The van der Waals surface area contributed by atoms with Crippen LogP contribution in [0.5, 0.6) is 0 Å². The zero-order valence-electron chi connectivity index (χ0n) is 12.0. The molecule has 1 fully saturated rings. The van der Waals surface area contributed by atoms with Crippen LogP contribution in [0.3, 0.4) is 0 Å². The molecule has 20 heavy (non-hydrogen) atoms. The topological polar surface area (TPSA) is 34.1 Å². The van der Waals surface area contributed by atoms with Crippen LogP contribution in [0.1, 0.15) is 60.8 Å². The van der Waals surface area contributed by atoms with Crippen LogP contribution in [0, 0.1) is 5.41 Å². The molecule has 0 bridgehead atoms. The second kappa shape index (κ2) is 4.03. The molecule has 3 aliphatic rings. The van der Waals surface area contributed by atoms with Crippen molar-refractivity contribution in [3.05, 3.63) is 34.4 Å². The molecule has 2 atom stereocenters. The molecule has 1 aromatic carbocycles. The number of carbonyl (C=O) groups is 2. The molecule has 0 unspecified atom stereocenters. The zero-order chi connectivity index (χ0) is 13.9. The molecule has 4 rings (SSSR count). The third-order valence-electron chi connectivity index (χ3n) is 5.94. The Kier molecular flexibility index (Phi) is 2.48. The van der Waals surface area contributed by atoms with Crippen LogP contribution in [0.4, 0.5) is 0 Å². The first-order valence-corrected chi connectivity index (χ1v) is 7.78. The summed E-state index contributed by atoms with van der Waals surface area (Å²) in [4.78, 5) is 23.9. The highest BCUT2D eigenvalue weighted by Crippen LogP contribution is 2.54. The maximum absolute atomic E-state index is 12.2. The Balaban J connectivity index is 1.84. The van der Waals surface area contributed by atoms with Gasteiger partial charge in [-0.2, -0.15) is 0 Å². The number of carbonyl (C=O) groups excluding carboxylic acids is 2. The van der Waals surface area contributed by atoms with Crippen molar-refractivity contribution in [3.8, 4) is 0 Å². The van der Waals surface area contributed by atoms with E-state index in [-0.39, 0.29) is 5.41 Å². The van der Waals surface area contributed by atoms with E-state index in [1.54, 1.807) is 0 Å². The minimum atomic E-state index is -0.119. The Bertz CT molecular complexity index is 629. The summed E-state index contributed by atoms with van der Waals surface area (Å²) in [5.74, 6) is 1.25. The monoisotopic (exact) mass is 268 g/mol. The van der Waals surface area contributed by atoms with E-state index in [9.17, 15) is 9.59 Å². The van der Waals surface area contributed by atoms with Gasteiger partial charge in [0.25, 0.3) is 0 Å². The summed E-state index contributed by atoms with van der Waals surface area (Å²) in [6.07, 6.45) is 6.00. The predicted octanol–water partition coefficient (Wildman–Crippen LogP) is 3.14. The summed E-state index contributed by atoms with van der Waals surface area (Å²) in [7, 11) is 0. The van der Waals surface area contributed by atoms with Crippen molar-refractivity contribution >= 4 is 11.6 Å². The standard InChI is InChI=1S/C18H20O2/c1-18-9-8-14-13-5-3-12(19)10-11(13)2-4-15(14)16(18)6-7-17(18)20/h2,4,16H,3,5-10H2,1H3/t16-,18-/m0/s1. The van der Waals surface area contributed by atoms with Crippen LogP contribution in [-0.4, -0.2) is 11.6 Å². The molecule has 0 heterocycles. The van der Waals surface area contributed by atoms with Crippen LogP contribution in [0.25, 0.3) is 0 Å². The van der Waals surface area contributed by atoms with Gasteiger partial charge in [0.15, 0.2) is 0 Å². The molecule has 2 nitrogen and oxygen atoms in total. The first-order chi connectivity index (χ1) is 9.59. The fourth-order valence-electron chi connectivity index (χ4n) is 4.69. The lowest BCUT2D eigenvalue weighted by atomic mass is 9.65. The van der Waals surface area contributed by atoms with Gasteiger partial charge in [-0.15, -0.1) is 0 Å². The summed E-state index contributed by atoms with van der Waals surface area (Å²) in [6.45, 7) is 2.17. The minimum Gasteiger partial charge on any atom is -0.299 e. The van der Waals surface area contributed by atoms with Crippen molar-refractivity contribution in [1.82, 2.24) is 0 Å². The average molecular weight is 268 g/mol. The highest BCUT2D eigenvalue weighted by atomic mass is 16.1. The van der Waals surface area contributed by atoms with Crippen LogP contribution in [0.15, 0.2) is 12.1 Å². The van der Waals surface area contributed by atoms with Gasteiger partial charge in [0.2, 0.25) is 0 Å². The second-order valence-electron chi connectivity index (χ2n) is 6.92. The Morgan fingerprint density at radius 1 is 1.05 bits per heavy atom. The largest absolute Gasteiger partial charge is 0.299 e. The maximum atomic E-state index is 12.2. The molecule has 0 saturated heterocycles. The van der Waals surface area contributed by atoms with Gasteiger partial charge < -0.3 is 0 Å². The van der Waals surface area contributed by atoms with E-state index in [4.69, 9.17) is 0 Å². The van der Waals surface area contributed by atoms with Crippen LogP contribution in [0.2, 0.25) is 0 Å². The molecular formula is C18H20O2. The molecule has 104 valence electrons. The summed E-state index contributed by atoms with van der Waals surface area (Å²) < 4.78 is 0. The first-order valence-electron chi connectivity index (χ1n) is 7.78. The Labute approximate surface area is 119 Å². The summed E-state index contributed by atoms with van der Waals surface area (Å²) >= 11 is 0. The maximum Gasteiger partial charge on any atom is 0.139 e. The fraction of sp³-hybridized carbons (Fsp3) is 0.556. The van der Waals surface area contributed by atoms with Crippen LogP contribution < -0.4 is 0 Å². The van der Waals surface area contributed by atoms with Gasteiger partial charge in [-0.25, -0.2) is 0 Å². The van der Waals surface area contributed by atoms with Gasteiger partial charge in [0.05, 0.1) is 0 Å². The average Bonchev–Trinajstić information content (AvgIpc) is 2.74. The van der Waals surface area contributed by atoms with E-state index in [2.05, 4.69) is 19.1 Å². The third-order valence-corrected chi connectivity index (χ3v) is 5.94. The van der Waals surface area contributed by atoms with E-state index in [1.807, 2.05) is 0 Å². The number of hydrogen-bond donors (Lipinski definition) is 0. The van der Waals surface area contributed by atoms with Crippen molar-refractivity contribution in [2.24, 2.45) is 5.41 Å². The van der Waals surface area contributed by atoms with Gasteiger partial charge in [0.1, 0.15) is 11.6 Å². The third kappa shape index (κ3) is 1.51. The molecular weight excluding hydrogens is 248 g/mol. The Morgan fingerprint density at radius 2 is 1.90 bits per heavy atom. The molecule has 0 aliphatic heterocycles. The molecule has 2 heteroatoms. The number of ketones is 2. The number of fused-ring (bicyclic) bond motifs is 5. The van der Waals surface area contributed by atoms with Crippen LogP contribution in [-0.2, 0) is 28.9 Å².